The van der Waals surface area contributed by atoms with Gasteiger partial charge in [-0.05, 0) is 29.8 Å². The number of anilines is 1. The van der Waals surface area contributed by atoms with E-state index in [1.54, 1.807) is 54.6 Å². The van der Waals surface area contributed by atoms with Crippen molar-refractivity contribution in [2.24, 2.45) is 0 Å². The molecule has 136 valence electrons. The van der Waals surface area contributed by atoms with Crippen LogP contribution in [0, 0.1) is 0 Å². The predicted octanol–water partition coefficient (Wildman–Crippen LogP) is 4.43. The normalized spacial score (nSPS) is 10.4. The van der Waals surface area contributed by atoms with E-state index in [0.29, 0.717) is 10.6 Å². The Morgan fingerprint density at radius 3 is 2.26 bits per heavy atom. The van der Waals surface area contributed by atoms with Crippen LogP contribution in [0.3, 0.4) is 0 Å². The summed E-state index contributed by atoms with van der Waals surface area (Å²) in [7, 11) is 0. The number of nitrogens with two attached hydrogens (primary N) is 1. The molecule has 3 aromatic carbocycles. The first-order valence-corrected chi connectivity index (χ1v) is 8.47. The van der Waals surface area contributed by atoms with Crippen LogP contribution in [0.25, 0.3) is 0 Å². The Hall–Kier alpha value is -3.31. The van der Waals surface area contributed by atoms with Crippen LogP contribution in [-0.2, 0) is 6.61 Å². The summed E-state index contributed by atoms with van der Waals surface area (Å²) in [5, 5.41) is 9.88. The number of carboxylic acids is 1. The standard InChI is InChI=1S/C21H16ClNO4/c22-16-8-6-13(7-9-16)12-27-18-11-15(21(25)26)10-17(23)19(18)20(24)14-4-2-1-3-5-14/h1-11H,12,23H2,(H,25,26). The quantitative estimate of drug-likeness (QED) is 0.487. The highest BCUT2D eigenvalue weighted by Crippen LogP contribution is 2.30. The molecule has 6 heteroatoms. The maximum absolute atomic E-state index is 12.9. The Morgan fingerprint density at radius 1 is 0.963 bits per heavy atom. The van der Waals surface area contributed by atoms with Gasteiger partial charge >= 0.3 is 5.97 Å². The average molecular weight is 382 g/mol. The van der Waals surface area contributed by atoms with Crippen LogP contribution >= 0.6 is 11.6 Å². The molecule has 0 heterocycles. The lowest BCUT2D eigenvalue weighted by Crippen LogP contribution is -2.11. The fourth-order valence-corrected chi connectivity index (χ4v) is 2.72. The lowest BCUT2D eigenvalue weighted by atomic mass is 9.99. The van der Waals surface area contributed by atoms with Crippen molar-refractivity contribution < 1.29 is 19.4 Å². The van der Waals surface area contributed by atoms with E-state index in [0.717, 1.165) is 5.56 Å². The fraction of sp³-hybridized carbons (Fsp3) is 0.0476. The van der Waals surface area contributed by atoms with Crippen molar-refractivity contribution >= 4 is 29.0 Å². The lowest BCUT2D eigenvalue weighted by Gasteiger charge is -2.14. The van der Waals surface area contributed by atoms with Gasteiger partial charge in [0.05, 0.1) is 11.1 Å². The van der Waals surface area contributed by atoms with Crippen molar-refractivity contribution in [3.8, 4) is 5.75 Å². The summed E-state index contributed by atoms with van der Waals surface area (Å²) in [5.74, 6) is -1.37. The minimum atomic E-state index is -1.16. The molecular weight excluding hydrogens is 366 g/mol. The zero-order valence-corrected chi connectivity index (χ0v) is 14.9. The zero-order valence-electron chi connectivity index (χ0n) is 14.2. The number of hydrogen-bond acceptors (Lipinski definition) is 4. The lowest BCUT2D eigenvalue weighted by molar-refractivity contribution is 0.0695. The van der Waals surface area contributed by atoms with Crippen LogP contribution in [0.2, 0.25) is 5.02 Å². The van der Waals surface area contributed by atoms with Crippen LogP contribution in [0.5, 0.6) is 5.75 Å². The largest absolute Gasteiger partial charge is 0.488 e. The second-order valence-electron chi connectivity index (χ2n) is 5.85. The van der Waals surface area contributed by atoms with E-state index in [2.05, 4.69) is 0 Å². The molecule has 0 bridgehead atoms. The third kappa shape index (κ3) is 4.27. The summed E-state index contributed by atoms with van der Waals surface area (Å²) in [5.41, 5.74) is 7.39. The molecule has 0 spiro atoms. The molecule has 0 fully saturated rings. The molecule has 0 amide bonds. The average Bonchev–Trinajstić information content (AvgIpc) is 2.67. The number of carbonyl (C=O) groups is 2. The van der Waals surface area contributed by atoms with Crippen molar-refractivity contribution in [3.05, 3.63) is 94.0 Å². The molecule has 3 aromatic rings. The van der Waals surface area contributed by atoms with Crippen molar-refractivity contribution in [2.75, 3.05) is 5.73 Å². The van der Waals surface area contributed by atoms with Gasteiger partial charge in [-0.25, -0.2) is 4.79 Å². The predicted molar refractivity (Wildman–Crippen MR) is 103 cm³/mol. The van der Waals surface area contributed by atoms with Gasteiger partial charge in [-0.15, -0.1) is 0 Å². The number of ketones is 1. The second-order valence-corrected chi connectivity index (χ2v) is 6.29. The van der Waals surface area contributed by atoms with Gasteiger partial charge in [-0.1, -0.05) is 54.1 Å². The van der Waals surface area contributed by atoms with Crippen LogP contribution in [0.4, 0.5) is 5.69 Å². The van der Waals surface area contributed by atoms with E-state index in [1.165, 1.54) is 12.1 Å². The third-order valence-electron chi connectivity index (χ3n) is 3.95. The van der Waals surface area contributed by atoms with Gasteiger partial charge in [0.2, 0.25) is 0 Å². The Bertz CT molecular complexity index is 985. The summed E-state index contributed by atoms with van der Waals surface area (Å²) in [6.07, 6.45) is 0. The monoisotopic (exact) mass is 381 g/mol. The molecule has 0 aromatic heterocycles. The van der Waals surface area contributed by atoms with Gasteiger partial charge < -0.3 is 15.6 Å². The highest BCUT2D eigenvalue weighted by molar-refractivity contribution is 6.30. The van der Waals surface area contributed by atoms with Crippen LogP contribution in [-0.4, -0.2) is 16.9 Å². The molecule has 0 aliphatic rings. The molecule has 0 atom stereocenters. The number of carbonyl (C=O) groups excluding carboxylic acids is 1. The van der Waals surface area contributed by atoms with Crippen molar-refractivity contribution in [2.45, 2.75) is 6.61 Å². The van der Waals surface area contributed by atoms with Crippen LogP contribution in [0.15, 0.2) is 66.7 Å². The molecule has 0 radical (unpaired) electrons. The smallest absolute Gasteiger partial charge is 0.335 e. The van der Waals surface area contributed by atoms with Gasteiger partial charge in [0.1, 0.15) is 12.4 Å². The van der Waals surface area contributed by atoms with E-state index >= 15 is 0 Å². The van der Waals surface area contributed by atoms with E-state index < -0.39 is 5.97 Å². The van der Waals surface area contributed by atoms with Gasteiger partial charge in [0, 0.05) is 16.3 Å². The summed E-state index contributed by atoms with van der Waals surface area (Å²) in [4.78, 5) is 24.3. The summed E-state index contributed by atoms with van der Waals surface area (Å²) in [6.45, 7) is 0.134. The Labute approximate surface area is 161 Å². The van der Waals surface area contributed by atoms with Gasteiger partial charge in [-0.3, -0.25) is 4.79 Å². The molecule has 0 aliphatic heterocycles. The SMILES string of the molecule is Nc1cc(C(=O)O)cc(OCc2ccc(Cl)cc2)c1C(=O)c1ccccc1. The molecule has 0 saturated heterocycles. The fourth-order valence-electron chi connectivity index (χ4n) is 2.59. The number of benzene rings is 3. The van der Waals surface area contributed by atoms with E-state index in [4.69, 9.17) is 22.1 Å². The topological polar surface area (TPSA) is 89.6 Å². The molecule has 0 aliphatic carbocycles. The van der Waals surface area contributed by atoms with Crippen molar-refractivity contribution in [1.82, 2.24) is 0 Å². The molecule has 0 unspecified atom stereocenters. The highest BCUT2D eigenvalue weighted by atomic mass is 35.5. The van der Waals surface area contributed by atoms with Gasteiger partial charge in [0.25, 0.3) is 0 Å². The molecule has 27 heavy (non-hydrogen) atoms. The summed E-state index contributed by atoms with van der Waals surface area (Å²) < 4.78 is 5.77. The number of carboxylic acid groups (broad SMARTS) is 1. The van der Waals surface area contributed by atoms with Crippen molar-refractivity contribution in [3.63, 3.8) is 0 Å². The molecule has 3 N–H and O–H groups in total. The number of halogens is 1. The van der Waals surface area contributed by atoms with Crippen molar-refractivity contribution in [1.29, 1.82) is 0 Å². The van der Waals surface area contributed by atoms with Crippen LogP contribution in [0.1, 0.15) is 31.8 Å². The molecule has 0 saturated carbocycles. The first kappa shape index (κ1) is 18.5. The molecular formula is C21H16ClNO4. The first-order chi connectivity index (χ1) is 13.0. The number of aromatic carboxylic acids is 1. The summed E-state index contributed by atoms with van der Waals surface area (Å²) in [6, 6.07) is 18.2. The Balaban J connectivity index is 1.99. The molecule has 3 rings (SSSR count). The highest BCUT2D eigenvalue weighted by Gasteiger charge is 2.21. The van der Waals surface area contributed by atoms with E-state index in [-0.39, 0.29) is 35.0 Å². The number of ether oxygens (including phenoxy) is 1. The van der Waals surface area contributed by atoms with E-state index in [9.17, 15) is 14.7 Å². The first-order valence-electron chi connectivity index (χ1n) is 8.09. The van der Waals surface area contributed by atoms with Gasteiger partial charge in [-0.2, -0.15) is 0 Å². The Kier molecular flexibility index (Phi) is 5.43. The minimum absolute atomic E-state index is 0.0508. The van der Waals surface area contributed by atoms with Gasteiger partial charge in [0.15, 0.2) is 5.78 Å². The zero-order chi connectivity index (χ0) is 19.4. The minimum Gasteiger partial charge on any atom is -0.488 e. The third-order valence-corrected chi connectivity index (χ3v) is 4.20. The number of rotatable bonds is 6. The van der Waals surface area contributed by atoms with Crippen LogP contribution < -0.4 is 10.5 Å². The maximum Gasteiger partial charge on any atom is 0.335 e. The Morgan fingerprint density at radius 2 is 1.63 bits per heavy atom. The molecule has 5 nitrogen and oxygen atoms in total. The second kappa shape index (κ2) is 7.93. The number of hydrogen-bond donors (Lipinski definition) is 2. The summed E-state index contributed by atoms with van der Waals surface area (Å²) >= 11 is 5.87. The van der Waals surface area contributed by atoms with E-state index in [1.807, 2.05) is 0 Å². The number of nitrogen functional groups attached to an aromatic ring is 1. The maximum atomic E-state index is 12.9.